The van der Waals surface area contributed by atoms with E-state index in [0.29, 0.717) is 6.04 Å². The van der Waals surface area contributed by atoms with Crippen molar-refractivity contribution in [3.8, 4) is 0 Å². The Morgan fingerprint density at radius 3 is 2.39 bits per heavy atom. The first kappa shape index (κ1) is 13.2. The summed E-state index contributed by atoms with van der Waals surface area (Å²) in [6.45, 7) is 8.84. The van der Waals surface area contributed by atoms with Crippen LogP contribution in [-0.2, 0) is 0 Å². The Kier molecular flexibility index (Phi) is 4.48. The smallest absolute Gasteiger partial charge is 0.0368 e. The van der Waals surface area contributed by atoms with Crippen LogP contribution in [0.15, 0.2) is 24.3 Å². The molecule has 2 rings (SSSR count). The average molecular weight is 247 g/mol. The Hall–Kier alpha value is -1.22. The summed E-state index contributed by atoms with van der Waals surface area (Å²) >= 11 is 0. The Bertz CT molecular complexity index is 357. The molecule has 1 heterocycles. The van der Waals surface area contributed by atoms with Crippen LogP contribution < -0.4 is 15.1 Å². The number of benzene rings is 1. The van der Waals surface area contributed by atoms with E-state index in [-0.39, 0.29) is 0 Å². The molecular formula is C15H25N3. The van der Waals surface area contributed by atoms with Gasteiger partial charge in [-0.3, -0.25) is 0 Å². The van der Waals surface area contributed by atoms with Gasteiger partial charge in [-0.2, -0.15) is 0 Å². The van der Waals surface area contributed by atoms with Crippen LogP contribution in [0.1, 0.15) is 20.3 Å². The fourth-order valence-corrected chi connectivity index (χ4v) is 2.69. The van der Waals surface area contributed by atoms with E-state index < -0.39 is 0 Å². The highest BCUT2D eigenvalue weighted by molar-refractivity contribution is 5.56. The van der Waals surface area contributed by atoms with Crippen molar-refractivity contribution in [2.75, 3.05) is 43.0 Å². The van der Waals surface area contributed by atoms with Gasteiger partial charge in [-0.05, 0) is 51.6 Å². The van der Waals surface area contributed by atoms with Gasteiger partial charge in [0.1, 0.15) is 0 Å². The lowest BCUT2D eigenvalue weighted by atomic mass is 10.2. The summed E-state index contributed by atoms with van der Waals surface area (Å²) in [5, 5.41) is 3.36. The normalized spacial score (nSPS) is 19.3. The van der Waals surface area contributed by atoms with E-state index in [2.05, 4.69) is 60.3 Å². The highest BCUT2D eigenvalue weighted by Gasteiger charge is 2.20. The minimum absolute atomic E-state index is 0.646. The van der Waals surface area contributed by atoms with E-state index in [0.717, 1.165) is 26.2 Å². The summed E-state index contributed by atoms with van der Waals surface area (Å²) in [6, 6.07) is 9.65. The first-order valence-electron chi connectivity index (χ1n) is 7.05. The topological polar surface area (TPSA) is 18.5 Å². The van der Waals surface area contributed by atoms with Gasteiger partial charge in [0.25, 0.3) is 0 Å². The second-order valence-electron chi connectivity index (χ2n) is 4.91. The Balaban J connectivity index is 2.04. The molecule has 0 radical (unpaired) electrons. The first-order valence-corrected chi connectivity index (χ1v) is 7.05. The van der Waals surface area contributed by atoms with Gasteiger partial charge in [-0.1, -0.05) is 0 Å². The number of nitrogens with one attached hydrogen (secondary N) is 1. The molecule has 18 heavy (non-hydrogen) atoms. The molecule has 1 saturated heterocycles. The molecule has 1 atom stereocenters. The lowest BCUT2D eigenvalue weighted by Crippen LogP contribution is -2.29. The molecule has 1 aromatic rings. The summed E-state index contributed by atoms with van der Waals surface area (Å²) < 4.78 is 0. The van der Waals surface area contributed by atoms with Crippen LogP contribution in [0, 0.1) is 0 Å². The molecule has 1 aliphatic heterocycles. The standard InChI is InChI=1S/C15H25N3/c1-4-17(5-2)14-6-8-15(9-7-14)18-11-10-13(12-18)16-3/h6-9,13,16H,4-5,10-12H2,1-3H3. The predicted octanol–water partition coefficient (Wildman–Crippen LogP) is 2.33. The summed E-state index contributed by atoms with van der Waals surface area (Å²) in [6.07, 6.45) is 1.24. The minimum atomic E-state index is 0.646. The van der Waals surface area contributed by atoms with Crippen molar-refractivity contribution >= 4 is 11.4 Å². The van der Waals surface area contributed by atoms with E-state index in [1.165, 1.54) is 17.8 Å². The molecule has 1 unspecified atom stereocenters. The van der Waals surface area contributed by atoms with Crippen molar-refractivity contribution in [2.24, 2.45) is 0 Å². The fourth-order valence-electron chi connectivity index (χ4n) is 2.69. The van der Waals surface area contributed by atoms with E-state index in [9.17, 15) is 0 Å². The molecule has 1 aliphatic rings. The molecule has 0 saturated carbocycles. The molecule has 0 spiro atoms. The first-order chi connectivity index (χ1) is 8.78. The van der Waals surface area contributed by atoms with Crippen molar-refractivity contribution < 1.29 is 0 Å². The molecule has 1 fully saturated rings. The van der Waals surface area contributed by atoms with Crippen molar-refractivity contribution in [2.45, 2.75) is 26.3 Å². The van der Waals surface area contributed by atoms with E-state index in [1.54, 1.807) is 0 Å². The number of rotatable bonds is 5. The van der Waals surface area contributed by atoms with Crippen LogP contribution in [0.25, 0.3) is 0 Å². The van der Waals surface area contributed by atoms with Crippen LogP contribution in [0.5, 0.6) is 0 Å². The second-order valence-corrected chi connectivity index (χ2v) is 4.91. The van der Waals surface area contributed by atoms with Gasteiger partial charge in [-0.15, -0.1) is 0 Å². The lowest BCUT2D eigenvalue weighted by molar-refractivity contribution is 0.617. The second kappa shape index (κ2) is 6.10. The Morgan fingerprint density at radius 1 is 1.22 bits per heavy atom. The molecule has 0 aliphatic carbocycles. The SMILES string of the molecule is CCN(CC)c1ccc(N2CCC(NC)C2)cc1. The average Bonchev–Trinajstić information content (AvgIpc) is 2.90. The highest BCUT2D eigenvalue weighted by atomic mass is 15.2. The molecule has 0 amide bonds. The van der Waals surface area contributed by atoms with Crippen LogP contribution in [0.4, 0.5) is 11.4 Å². The third kappa shape index (κ3) is 2.78. The van der Waals surface area contributed by atoms with Crippen molar-refractivity contribution in [1.29, 1.82) is 0 Å². The number of hydrogen-bond acceptors (Lipinski definition) is 3. The summed E-state index contributed by atoms with van der Waals surface area (Å²) in [7, 11) is 2.05. The number of anilines is 2. The number of hydrogen-bond donors (Lipinski definition) is 1. The molecular weight excluding hydrogens is 222 g/mol. The van der Waals surface area contributed by atoms with Crippen LogP contribution in [0.3, 0.4) is 0 Å². The van der Waals surface area contributed by atoms with Crippen LogP contribution in [0.2, 0.25) is 0 Å². The predicted molar refractivity (Wildman–Crippen MR) is 79.7 cm³/mol. The van der Waals surface area contributed by atoms with E-state index in [4.69, 9.17) is 0 Å². The summed E-state index contributed by atoms with van der Waals surface area (Å²) in [5.74, 6) is 0. The molecule has 3 nitrogen and oxygen atoms in total. The van der Waals surface area contributed by atoms with Crippen LogP contribution >= 0.6 is 0 Å². The third-order valence-corrected chi connectivity index (χ3v) is 3.94. The van der Waals surface area contributed by atoms with Gasteiger partial charge in [0.05, 0.1) is 0 Å². The number of nitrogens with zero attached hydrogens (tertiary/aromatic N) is 2. The quantitative estimate of drug-likeness (QED) is 0.861. The molecule has 3 heteroatoms. The van der Waals surface area contributed by atoms with E-state index >= 15 is 0 Å². The molecule has 0 aromatic heterocycles. The van der Waals surface area contributed by atoms with Gasteiger partial charge in [0.2, 0.25) is 0 Å². The fraction of sp³-hybridized carbons (Fsp3) is 0.600. The summed E-state index contributed by atoms with van der Waals surface area (Å²) in [4.78, 5) is 4.84. The van der Waals surface area contributed by atoms with Crippen molar-refractivity contribution in [3.63, 3.8) is 0 Å². The van der Waals surface area contributed by atoms with Gasteiger partial charge < -0.3 is 15.1 Å². The largest absolute Gasteiger partial charge is 0.372 e. The van der Waals surface area contributed by atoms with Crippen LogP contribution in [-0.4, -0.2) is 39.3 Å². The minimum Gasteiger partial charge on any atom is -0.372 e. The van der Waals surface area contributed by atoms with Crippen molar-refractivity contribution in [3.05, 3.63) is 24.3 Å². The van der Waals surface area contributed by atoms with Gasteiger partial charge >= 0.3 is 0 Å². The Labute approximate surface area is 111 Å². The molecule has 1 aromatic carbocycles. The zero-order valence-electron chi connectivity index (χ0n) is 11.8. The highest BCUT2D eigenvalue weighted by Crippen LogP contribution is 2.23. The van der Waals surface area contributed by atoms with Gasteiger partial charge in [0.15, 0.2) is 0 Å². The lowest BCUT2D eigenvalue weighted by Gasteiger charge is -2.23. The van der Waals surface area contributed by atoms with Crippen molar-refractivity contribution in [1.82, 2.24) is 5.32 Å². The maximum absolute atomic E-state index is 3.36. The van der Waals surface area contributed by atoms with Gasteiger partial charge in [-0.25, -0.2) is 0 Å². The molecule has 1 N–H and O–H groups in total. The monoisotopic (exact) mass is 247 g/mol. The third-order valence-electron chi connectivity index (χ3n) is 3.94. The zero-order chi connectivity index (χ0) is 13.0. The summed E-state index contributed by atoms with van der Waals surface area (Å²) in [5.41, 5.74) is 2.68. The maximum atomic E-state index is 3.36. The van der Waals surface area contributed by atoms with Gasteiger partial charge in [0, 0.05) is 43.6 Å². The Morgan fingerprint density at radius 2 is 1.89 bits per heavy atom. The maximum Gasteiger partial charge on any atom is 0.0368 e. The zero-order valence-corrected chi connectivity index (χ0v) is 11.8. The van der Waals surface area contributed by atoms with E-state index in [1.807, 2.05) is 0 Å². The molecule has 0 bridgehead atoms. The number of likely N-dealkylation sites (N-methyl/N-ethyl adjacent to an activating group) is 1. The molecule has 100 valence electrons.